The van der Waals surface area contributed by atoms with Crippen LogP contribution in [0.15, 0.2) is 59.9 Å². The number of nitrogens with two attached hydrogens (primary N) is 1. The number of H-pyrrole nitrogens is 1. The summed E-state index contributed by atoms with van der Waals surface area (Å²) >= 11 is 0. The molecule has 10 nitrogen and oxygen atoms in total. The number of aromatic nitrogens is 3. The number of nitrogens with one attached hydrogen (secondary N) is 2. The summed E-state index contributed by atoms with van der Waals surface area (Å²) in [6.07, 6.45) is 1.39. The number of esters is 1. The fourth-order valence-electron chi connectivity index (χ4n) is 5.12. The van der Waals surface area contributed by atoms with Crippen molar-refractivity contribution >= 4 is 29.6 Å². The first-order valence-corrected chi connectivity index (χ1v) is 14.6. The maximum atomic E-state index is 13.7. The minimum atomic E-state index is -5.08. The molecule has 47 heavy (non-hydrogen) atoms. The van der Waals surface area contributed by atoms with Gasteiger partial charge in [0.2, 0.25) is 0 Å². The third-order valence-electron chi connectivity index (χ3n) is 7.61. The predicted molar refractivity (Wildman–Crippen MR) is 165 cm³/mol. The number of pyridine rings is 1. The van der Waals surface area contributed by atoms with Crippen molar-refractivity contribution in [1.29, 1.82) is 0 Å². The fraction of sp³-hybridized carbons (Fsp3) is 0.364. The van der Waals surface area contributed by atoms with E-state index in [4.69, 9.17) is 20.4 Å². The number of hydrogen-bond acceptors (Lipinski definition) is 8. The molecule has 0 saturated heterocycles. The first-order chi connectivity index (χ1) is 21.9. The summed E-state index contributed by atoms with van der Waals surface area (Å²) in [4.78, 5) is 40.1. The first-order valence-electron chi connectivity index (χ1n) is 14.6. The number of aromatic amines is 1. The highest BCUT2D eigenvalue weighted by Gasteiger charge is 2.42. The Morgan fingerprint density at radius 3 is 2.45 bits per heavy atom. The van der Waals surface area contributed by atoms with Gasteiger partial charge < -0.3 is 20.9 Å². The molecule has 14 heteroatoms. The number of alkyl halides is 3. The van der Waals surface area contributed by atoms with Gasteiger partial charge in [-0.3, -0.25) is 14.9 Å². The van der Waals surface area contributed by atoms with Crippen LogP contribution in [-0.2, 0) is 14.3 Å². The molecule has 250 valence electrons. The number of carboxylic acids is 1. The van der Waals surface area contributed by atoms with Gasteiger partial charge in [0.15, 0.2) is 11.5 Å². The van der Waals surface area contributed by atoms with E-state index >= 15 is 0 Å². The number of anilines is 1. The summed E-state index contributed by atoms with van der Waals surface area (Å²) in [5.74, 6) is -3.58. The molecule has 2 aromatic heterocycles. The summed E-state index contributed by atoms with van der Waals surface area (Å²) in [5, 5.41) is 17.7. The maximum Gasteiger partial charge on any atom is 0.490 e. The number of Topliss-reactive ketones (excluding diaryl/α,β-unsaturated/α-hetero) is 1. The van der Waals surface area contributed by atoms with Crippen LogP contribution >= 0.6 is 0 Å². The van der Waals surface area contributed by atoms with Crippen molar-refractivity contribution < 1.29 is 41.8 Å². The van der Waals surface area contributed by atoms with Crippen LogP contribution in [0.3, 0.4) is 0 Å². The number of halogens is 4. The molecule has 5 rings (SSSR count). The molecule has 0 radical (unpaired) electrons. The Kier molecular flexibility index (Phi) is 10.0. The summed E-state index contributed by atoms with van der Waals surface area (Å²) in [6, 6.07) is 10.0. The molecule has 0 amide bonds. The van der Waals surface area contributed by atoms with Crippen molar-refractivity contribution in [2.24, 2.45) is 16.6 Å². The molecule has 3 heterocycles. The van der Waals surface area contributed by atoms with E-state index < -0.39 is 24.0 Å². The standard InChI is InChI=1S/C31H34FN5O3.C2HF3O2/c1-30(2)13-23-25(24(38)14-30)22(11-10-21-9-8-19(15-34-21)18-6-5-7-20(32)12-18)26-27(36-37-28(26)35-23)29(39)40-17-31(3,4)16-33;3-2(4,5)1(6)7/h5-12,15,22H,13-14,16-17,33H2,1-4H3,(H2,35,36,37);(H,6,7). The number of ether oxygens (including phenoxy) is 1. The van der Waals surface area contributed by atoms with Crippen molar-refractivity contribution in [2.45, 2.75) is 52.6 Å². The zero-order chi connectivity index (χ0) is 34.7. The highest BCUT2D eigenvalue weighted by atomic mass is 19.4. The predicted octanol–water partition coefficient (Wildman–Crippen LogP) is 6.25. The van der Waals surface area contributed by atoms with Crippen molar-refractivity contribution in [2.75, 3.05) is 18.5 Å². The summed E-state index contributed by atoms with van der Waals surface area (Å²) in [6.45, 7) is 8.46. The molecular formula is C33H35F4N5O5. The average molecular weight is 658 g/mol. The number of rotatable bonds is 7. The van der Waals surface area contributed by atoms with E-state index in [0.29, 0.717) is 42.0 Å². The number of nitrogens with zero attached hydrogens (tertiary/aromatic N) is 2. The Morgan fingerprint density at radius 1 is 1.15 bits per heavy atom. The van der Waals surface area contributed by atoms with Gasteiger partial charge in [-0.25, -0.2) is 14.0 Å². The van der Waals surface area contributed by atoms with E-state index in [9.17, 15) is 27.2 Å². The van der Waals surface area contributed by atoms with Crippen LogP contribution in [0.1, 0.15) is 68.2 Å². The van der Waals surface area contributed by atoms with Crippen LogP contribution in [0.5, 0.6) is 0 Å². The lowest BCUT2D eigenvalue weighted by molar-refractivity contribution is -0.192. The van der Waals surface area contributed by atoms with Crippen molar-refractivity contribution in [3.63, 3.8) is 0 Å². The molecule has 1 atom stereocenters. The summed E-state index contributed by atoms with van der Waals surface area (Å²) in [7, 11) is 0. The zero-order valence-electron chi connectivity index (χ0n) is 26.2. The van der Waals surface area contributed by atoms with E-state index in [1.807, 2.05) is 44.2 Å². The highest BCUT2D eigenvalue weighted by molar-refractivity contribution is 6.03. The Bertz CT molecular complexity index is 1730. The minimum Gasteiger partial charge on any atom is -0.475 e. The normalized spacial score (nSPS) is 17.3. The fourth-order valence-corrected chi connectivity index (χ4v) is 5.12. The van der Waals surface area contributed by atoms with Gasteiger partial charge >= 0.3 is 18.1 Å². The SMILES string of the molecule is CC(C)(CN)COC(=O)c1n[nH]c2c1C(C=Cc1ccc(-c3cccc(F)c3)cn1)C1=C(CC(C)(C)CC1=O)N2.O=C(O)C(F)(F)F. The van der Waals surface area contributed by atoms with Crippen LogP contribution in [0.25, 0.3) is 17.2 Å². The Labute approximate surface area is 268 Å². The lowest BCUT2D eigenvalue weighted by Crippen LogP contribution is -2.33. The molecule has 0 saturated carbocycles. The lowest BCUT2D eigenvalue weighted by Gasteiger charge is -2.37. The van der Waals surface area contributed by atoms with Gasteiger partial charge in [-0.05, 0) is 41.7 Å². The van der Waals surface area contributed by atoms with Gasteiger partial charge in [0, 0.05) is 52.9 Å². The number of carbonyl (C=O) groups is 3. The Balaban J connectivity index is 0.000000644. The van der Waals surface area contributed by atoms with E-state index in [-0.39, 0.29) is 34.7 Å². The number of hydrogen-bond donors (Lipinski definition) is 4. The lowest BCUT2D eigenvalue weighted by atomic mass is 9.70. The molecule has 1 unspecified atom stereocenters. The summed E-state index contributed by atoms with van der Waals surface area (Å²) in [5.41, 5.74) is 9.54. The van der Waals surface area contributed by atoms with E-state index in [1.165, 1.54) is 12.1 Å². The van der Waals surface area contributed by atoms with Gasteiger partial charge in [-0.1, -0.05) is 52.0 Å². The number of carbonyl (C=O) groups excluding carboxylic acids is 2. The van der Waals surface area contributed by atoms with Crippen molar-refractivity contribution in [1.82, 2.24) is 15.2 Å². The quantitative estimate of drug-likeness (QED) is 0.170. The molecule has 3 aromatic rings. The van der Waals surface area contributed by atoms with Crippen molar-refractivity contribution in [3.05, 3.63) is 82.7 Å². The van der Waals surface area contributed by atoms with Crippen LogP contribution in [-0.4, -0.2) is 57.3 Å². The number of allylic oxidation sites excluding steroid dienone is 3. The number of carboxylic acid groups (broad SMARTS) is 1. The molecule has 0 spiro atoms. The van der Waals surface area contributed by atoms with E-state index in [2.05, 4.69) is 34.3 Å². The Hall–Kier alpha value is -4.85. The number of aliphatic carboxylic acids is 1. The smallest absolute Gasteiger partial charge is 0.475 e. The second-order valence-corrected chi connectivity index (χ2v) is 12.9. The van der Waals surface area contributed by atoms with Crippen LogP contribution in [0.2, 0.25) is 0 Å². The largest absolute Gasteiger partial charge is 0.490 e. The number of fused-ring (bicyclic) bond motifs is 1. The third kappa shape index (κ3) is 8.50. The zero-order valence-corrected chi connectivity index (χ0v) is 26.2. The van der Waals surface area contributed by atoms with Crippen LogP contribution < -0.4 is 11.1 Å². The van der Waals surface area contributed by atoms with E-state index in [0.717, 1.165) is 16.8 Å². The van der Waals surface area contributed by atoms with Crippen LogP contribution in [0, 0.1) is 16.6 Å². The molecule has 0 bridgehead atoms. The van der Waals surface area contributed by atoms with Gasteiger partial charge in [0.05, 0.1) is 12.3 Å². The van der Waals surface area contributed by atoms with Crippen LogP contribution in [0.4, 0.5) is 23.4 Å². The molecular weight excluding hydrogens is 622 g/mol. The number of benzene rings is 1. The average Bonchev–Trinajstić information content (AvgIpc) is 3.41. The molecule has 1 aliphatic carbocycles. The first kappa shape index (κ1) is 35.0. The topological polar surface area (TPSA) is 160 Å². The summed E-state index contributed by atoms with van der Waals surface area (Å²) < 4.78 is 51.0. The van der Waals surface area contributed by atoms with E-state index in [1.54, 1.807) is 12.3 Å². The van der Waals surface area contributed by atoms with Gasteiger partial charge in [0.1, 0.15) is 11.6 Å². The van der Waals surface area contributed by atoms with Gasteiger partial charge in [0.25, 0.3) is 0 Å². The second-order valence-electron chi connectivity index (χ2n) is 12.9. The van der Waals surface area contributed by atoms with Gasteiger partial charge in [-0.15, -0.1) is 0 Å². The molecule has 0 fully saturated rings. The van der Waals surface area contributed by atoms with Crippen molar-refractivity contribution in [3.8, 4) is 11.1 Å². The maximum absolute atomic E-state index is 13.7. The molecule has 5 N–H and O–H groups in total. The Morgan fingerprint density at radius 2 is 1.85 bits per heavy atom. The molecule has 2 aliphatic rings. The van der Waals surface area contributed by atoms with Gasteiger partial charge in [-0.2, -0.15) is 18.3 Å². The molecule has 1 aromatic carbocycles. The monoisotopic (exact) mass is 657 g/mol. The molecule has 1 aliphatic heterocycles. The highest BCUT2D eigenvalue weighted by Crippen LogP contribution is 2.47. The third-order valence-corrected chi connectivity index (χ3v) is 7.61. The number of ketones is 1. The minimum absolute atomic E-state index is 0.0262. The second kappa shape index (κ2) is 13.5.